The van der Waals surface area contributed by atoms with E-state index in [2.05, 4.69) is 20.2 Å². The van der Waals surface area contributed by atoms with Gasteiger partial charge in [0.1, 0.15) is 23.5 Å². The smallest absolute Gasteiger partial charge is 0.202 e. The maximum atomic E-state index is 14.7. The number of ether oxygens (including phenoxy) is 1. The molecule has 0 saturated carbocycles. The van der Waals surface area contributed by atoms with Crippen LogP contribution in [0.15, 0.2) is 47.2 Å². The lowest BCUT2D eigenvalue weighted by molar-refractivity contribution is 0.122. The van der Waals surface area contributed by atoms with Crippen molar-refractivity contribution in [3.05, 3.63) is 65.0 Å². The van der Waals surface area contributed by atoms with Gasteiger partial charge in [-0.3, -0.25) is 4.68 Å². The molecule has 0 amide bonds. The van der Waals surface area contributed by atoms with Crippen molar-refractivity contribution in [1.82, 2.24) is 24.9 Å². The zero-order valence-electron chi connectivity index (χ0n) is 16.7. The van der Waals surface area contributed by atoms with Crippen molar-refractivity contribution in [2.24, 2.45) is 0 Å². The zero-order chi connectivity index (χ0) is 22.1. The minimum Gasteiger partial charge on any atom is -0.378 e. The van der Waals surface area contributed by atoms with Crippen molar-refractivity contribution in [2.75, 3.05) is 31.2 Å². The lowest BCUT2D eigenvalue weighted by Crippen LogP contribution is -2.37. The fourth-order valence-corrected chi connectivity index (χ4v) is 3.66. The quantitative estimate of drug-likeness (QED) is 0.420. The van der Waals surface area contributed by atoms with Gasteiger partial charge in [-0.15, -0.1) is 0 Å². The third-order valence-electron chi connectivity index (χ3n) is 5.09. The van der Waals surface area contributed by atoms with E-state index in [0.717, 1.165) is 0 Å². The second-order valence-corrected chi connectivity index (χ2v) is 7.48. The van der Waals surface area contributed by atoms with E-state index < -0.39 is 5.82 Å². The van der Waals surface area contributed by atoms with Gasteiger partial charge in [0.2, 0.25) is 5.82 Å². The largest absolute Gasteiger partial charge is 0.378 e. The second kappa shape index (κ2) is 8.64. The number of nitrogens with zero attached hydrogens (tertiary/aromatic N) is 6. The van der Waals surface area contributed by atoms with E-state index >= 15 is 0 Å². The highest BCUT2D eigenvalue weighted by Crippen LogP contribution is 2.29. The molecule has 4 aromatic rings. The highest BCUT2D eigenvalue weighted by atomic mass is 35.5. The maximum absolute atomic E-state index is 14.7. The Morgan fingerprint density at radius 2 is 1.84 bits per heavy atom. The Labute approximate surface area is 186 Å². The Bertz CT molecular complexity index is 1240. The topological polar surface area (TPSA) is 82.1 Å². The van der Waals surface area contributed by atoms with Crippen molar-refractivity contribution in [3.8, 4) is 22.9 Å². The molecule has 1 aliphatic heterocycles. The van der Waals surface area contributed by atoms with Gasteiger partial charge in [-0.2, -0.15) is 9.49 Å². The van der Waals surface area contributed by atoms with Crippen molar-refractivity contribution in [3.63, 3.8) is 0 Å². The van der Waals surface area contributed by atoms with Gasteiger partial charge in [0.25, 0.3) is 0 Å². The molecule has 3 aromatic heterocycles. The predicted octanol–water partition coefficient (Wildman–Crippen LogP) is 3.81. The highest BCUT2D eigenvalue weighted by Gasteiger charge is 2.23. The average Bonchev–Trinajstić information content (AvgIpc) is 3.48. The van der Waals surface area contributed by atoms with Crippen LogP contribution in [0, 0.1) is 11.6 Å². The molecule has 0 atom stereocenters. The molecule has 1 aliphatic rings. The molecular formula is C21H17ClF2N6O2. The Kier molecular flexibility index (Phi) is 5.54. The van der Waals surface area contributed by atoms with E-state index in [1.54, 1.807) is 39.9 Å². The Hall–Kier alpha value is -3.37. The van der Waals surface area contributed by atoms with E-state index in [1.165, 1.54) is 12.3 Å². The average molecular weight is 459 g/mol. The number of hydrogen-bond donors (Lipinski definition) is 0. The van der Waals surface area contributed by atoms with E-state index in [4.69, 9.17) is 20.9 Å². The summed E-state index contributed by atoms with van der Waals surface area (Å²) in [7, 11) is 0. The summed E-state index contributed by atoms with van der Waals surface area (Å²) in [4.78, 5) is 10.2. The monoisotopic (exact) mass is 458 g/mol. The maximum Gasteiger partial charge on any atom is 0.202 e. The summed E-state index contributed by atoms with van der Waals surface area (Å²) in [5, 5.41) is 8.21. The molecule has 5 rings (SSSR count). The Balaban J connectivity index is 1.58. The fraction of sp³-hybridized carbons (Fsp3) is 0.238. The lowest BCUT2D eigenvalue weighted by Gasteiger charge is -2.28. The van der Waals surface area contributed by atoms with Crippen LogP contribution in [-0.4, -0.2) is 51.2 Å². The fourth-order valence-electron chi connectivity index (χ4n) is 3.49. The van der Waals surface area contributed by atoms with Crippen LogP contribution >= 0.6 is 11.6 Å². The van der Waals surface area contributed by atoms with Crippen LogP contribution in [-0.2, 0) is 11.3 Å². The van der Waals surface area contributed by atoms with Gasteiger partial charge in [0.15, 0.2) is 16.8 Å². The summed E-state index contributed by atoms with van der Waals surface area (Å²) < 4.78 is 40.8. The first kappa shape index (κ1) is 20.5. The summed E-state index contributed by atoms with van der Waals surface area (Å²) in [6.45, 7) is 2.03. The predicted molar refractivity (Wildman–Crippen MR) is 112 cm³/mol. The van der Waals surface area contributed by atoms with Crippen LogP contribution in [0.3, 0.4) is 0 Å². The van der Waals surface area contributed by atoms with Gasteiger partial charge in [-0.1, -0.05) is 35.0 Å². The van der Waals surface area contributed by atoms with Gasteiger partial charge >= 0.3 is 0 Å². The summed E-state index contributed by atoms with van der Waals surface area (Å²) >= 11 is 6.09. The molecule has 164 valence electrons. The number of rotatable bonds is 5. The number of halogens is 3. The summed E-state index contributed by atoms with van der Waals surface area (Å²) in [6, 6.07) is 9.77. The molecule has 1 fully saturated rings. The first-order valence-corrected chi connectivity index (χ1v) is 10.3. The summed E-state index contributed by atoms with van der Waals surface area (Å²) in [6.07, 6.45) is 1.43. The van der Waals surface area contributed by atoms with Gasteiger partial charge in [-0.25, -0.2) is 14.4 Å². The van der Waals surface area contributed by atoms with E-state index in [1.807, 2.05) is 0 Å². The molecule has 0 N–H and O–H groups in total. The third-order valence-corrected chi connectivity index (χ3v) is 5.34. The van der Waals surface area contributed by atoms with Crippen LogP contribution in [0.1, 0.15) is 5.56 Å². The Morgan fingerprint density at radius 1 is 1.03 bits per heavy atom. The molecule has 8 nitrogen and oxygen atoms in total. The van der Waals surface area contributed by atoms with Gasteiger partial charge in [0, 0.05) is 24.7 Å². The van der Waals surface area contributed by atoms with E-state index in [-0.39, 0.29) is 29.2 Å². The molecule has 4 heterocycles. The second-order valence-electron chi connectivity index (χ2n) is 7.12. The lowest BCUT2D eigenvalue weighted by atomic mass is 10.2. The van der Waals surface area contributed by atoms with Crippen molar-refractivity contribution < 1.29 is 18.0 Å². The first-order valence-electron chi connectivity index (χ1n) is 9.88. The minimum absolute atomic E-state index is 0.0925. The molecular weight excluding hydrogens is 442 g/mol. The molecule has 32 heavy (non-hydrogen) atoms. The highest BCUT2D eigenvalue weighted by molar-refractivity contribution is 6.29. The molecule has 0 radical (unpaired) electrons. The van der Waals surface area contributed by atoms with Gasteiger partial charge < -0.3 is 14.2 Å². The number of hydrogen-bond acceptors (Lipinski definition) is 7. The van der Waals surface area contributed by atoms with E-state index in [0.29, 0.717) is 48.9 Å². The van der Waals surface area contributed by atoms with Crippen LogP contribution in [0.2, 0.25) is 5.15 Å². The zero-order valence-corrected chi connectivity index (χ0v) is 17.5. The van der Waals surface area contributed by atoms with Crippen LogP contribution < -0.4 is 4.90 Å². The molecule has 0 spiro atoms. The summed E-state index contributed by atoms with van der Waals surface area (Å²) in [5.74, 6) is -0.809. The first-order chi connectivity index (χ1) is 15.6. The number of morpholine rings is 1. The van der Waals surface area contributed by atoms with E-state index in [9.17, 15) is 8.78 Å². The van der Waals surface area contributed by atoms with Crippen LogP contribution in [0.4, 0.5) is 14.6 Å². The normalized spacial score (nSPS) is 14.2. The molecule has 0 aliphatic carbocycles. The molecule has 1 aromatic carbocycles. The standard InChI is InChI=1S/C21H17ClF2N6O2/c22-19-18(24)21(29-6-9-31-10-7-29)26-20(25-19)16-11-17(15-5-8-32-28-15)30(27-16)12-13-3-1-2-4-14(13)23/h1-5,8,11H,6-7,9-10,12H2. The number of anilines is 1. The molecule has 1 saturated heterocycles. The van der Waals surface area contributed by atoms with Gasteiger partial charge in [-0.05, 0) is 12.1 Å². The van der Waals surface area contributed by atoms with Gasteiger partial charge in [0.05, 0.1) is 25.5 Å². The number of aromatic nitrogens is 5. The number of benzene rings is 1. The summed E-state index contributed by atoms with van der Waals surface area (Å²) in [5.41, 5.74) is 1.85. The Morgan fingerprint density at radius 3 is 2.59 bits per heavy atom. The molecule has 11 heteroatoms. The van der Waals surface area contributed by atoms with Crippen molar-refractivity contribution >= 4 is 17.4 Å². The van der Waals surface area contributed by atoms with Crippen molar-refractivity contribution in [1.29, 1.82) is 0 Å². The minimum atomic E-state index is -0.695. The third kappa shape index (κ3) is 3.94. The van der Waals surface area contributed by atoms with Crippen molar-refractivity contribution in [2.45, 2.75) is 6.54 Å². The van der Waals surface area contributed by atoms with Crippen LogP contribution in [0.25, 0.3) is 22.9 Å². The van der Waals surface area contributed by atoms with Crippen LogP contribution in [0.5, 0.6) is 0 Å². The molecule has 0 bridgehead atoms. The SMILES string of the molecule is Fc1ccccc1Cn1nc(-c2nc(Cl)c(F)c(N3CCOCC3)n2)cc1-c1ccon1. The molecule has 0 unspecified atom stereocenters.